The van der Waals surface area contributed by atoms with Gasteiger partial charge in [0.05, 0.1) is 11.5 Å². The summed E-state index contributed by atoms with van der Waals surface area (Å²) in [7, 11) is 0. The molecule has 17 heavy (non-hydrogen) atoms. The summed E-state index contributed by atoms with van der Waals surface area (Å²) in [4.78, 5) is 10.3. The molecule has 4 nitrogen and oxygen atoms in total. The lowest BCUT2D eigenvalue weighted by atomic mass is 9.99. The standard InChI is InChI=1S/C12H15NO3S/c1-4-16-12(17)7-11-8(2)5-10(13(14)15)6-9(11)3/h5-6H,4,7H2,1-3H3. The first kappa shape index (κ1) is 13.6. The molecular weight excluding hydrogens is 238 g/mol. The molecule has 0 aliphatic rings. The molecule has 0 N–H and O–H groups in total. The third-order valence-corrected chi connectivity index (χ3v) is 2.78. The molecule has 92 valence electrons. The number of hydrogen-bond acceptors (Lipinski definition) is 4. The van der Waals surface area contributed by atoms with Crippen LogP contribution in [0.1, 0.15) is 23.6 Å². The molecule has 0 aromatic heterocycles. The van der Waals surface area contributed by atoms with E-state index in [1.165, 1.54) is 0 Å². The summed E-state index contributed by atoms with van der Waals surface area (Å²) in [6.07, 6.45) is 0.527. The van der Waals surface area contributed by atoms with Gasteiger partial charge < -0.3 is 4.74 Å². The van der Waals surface area contributed by atoms with Gasteiger partial charge in [-0.15, -0.1) is 0 Å². The monoisotopic (exact) mass is 253 g/mol. The quantitative estimate of drug-likeness (QED) is 0.470. The Bertz CT molecular complexity index is 434. The maximum atomic E-state index is 10.7. The lowest BCUT2D eigenvalue weighted by Crippen LogP contribution is -2.08. The van der Waals surface area contributed by atoms with Crippen LogP contribution in [-0.2, 0) is 11.2 Å². The number of non-ortho nitro benzene ring substituents is 1. The summed E-state index contributed by atoms with van der Waals surface area (Å²) in [6, 6.07) is 3.13. The third-order valence-electron chi connectivity index (χ3n) is 2.52. The van der Waals surface area contributed by atoms with E-state index in [2.05, 4.69) is 0 Å². The van der Waals surface area contributed by atoms with Crippen molar-refractivity contribution in [2.45, 2.75) is 27.2 Å². The van der Waals surface area contributed by atoms with Crippen molar-refractivity contribution in [1.82, 2.24) is 0 Å². The molecule has 0 heterocycles. The zero-order chi connectivity index (χ0) is 13.0. The van der Waals surface area contributed by atoms with E-state index in [9.17, 15) is 10.1 Å². The van der Waals surface area contributed by atoms with Crippen molar-refractivity contribution in [3.05, 3.63) is 38.9 Å². The van der Waals surface area contributed by atoms with E-state index in [1.807, 2.05) is 20.8 Å². The number of ether oxygens (including phenoxy) is 1. The summed E-state index contributed by atoms with van der Waals surface area (Å²) in [6.45, 7) is 6.12. The normalized spacial score (nSPS) is 10.1. The molecule has 0 fully saturated rings. The van der Waals surface area contributed by atoms with E-state index >= 15 is 0 Å². The second kappa shape index (κ2) is 5.72. The number of hydrogen-bond donors (Lipinski definition) is 0. The van der Waals surface area contributed by atoms with Crippen molar-refractivity contribution in [3.8, 4) is 0 Å². The zero-order valence-corrected chi connectivity index (χ0v) is 11.0. The number of nitro groups is 1. The molecule has 1 aromatic carbocycles. The molecule has 0 radical (unpaired) electrons. The van der Waals surface area contributed by atoms with Gasteiger partial charge in [-0.05, 0) is 49.7 Å². The fourth-order valence-electron chi connectivity index (χ4n) is 1.71. The van der Waals surface area contributed by atoms with Crippen molar-refractivity contribution in [2.75, 3.05) is 6.61 Å². The highest BCUT2D eigenvalue weighted by Gasteiger charge is 2.13. The van der Waals surface area contributed by atoms with Crippen LogP contribution in [0.25, 0.3) is 0 Å². The van der Waals surface area contributed by atoms with Gasteiger partial charge in [-0.1, -0.05) is 0 Å². The highest BCUT2D eigenvalue weighted by atomic mass is 32.1. The van der Waals surface area contributed by atoms with Crippen LogP contribution in [0.15, 0.2) is 12.1 Å². The zero-order valence-electron chi connectivity index (χ0n) is 10.1. The number of rotatable bonds is 4. The minimum atomic E-state index is -0.384. The average Bonchev–Trinajstić information content (AvgIpc) is 2.23. The maximum Gasteiger partial charge on any atom is 0.269 e. The molecule has 1 rings (SSSR count). The van der Waals surface area contributed by atoms with Gasteiger partial charge in [0.15, 0.2) is 5.05 Å². The SMILES string of the molecule is CCOC(=S)Cc1c(C)cc([N+](=O)[O-])cc1C. The smallest absolute Gasteiger partial charge is 0.269 e. The van der Waals surface area contributed by atoms with E-state index in [-0.39, 0.29) is 10.6 Å². The van der Waals surface area contributed by atoms with E-state index in [0.29, 0.717) is 18.1 Å². The minimum absolute atomic E-state index is 0.117. The van der Waals surface area contributed by atoms with Crippen molar-refractivity contribution >= 4 is 23.0 Å². The van der Waals surface area contributed by atoms with Crippen LogP contribution in [-0.4, -0.2) is 16.6 Å². The molecule has 0 unspecified atom stereocenters. The van der Waals surface area contributed by atoms with Crippen LogP contribution in [0.4, 0.5) is 5.69 Å². The van der Waals surface area contributed by atoms with Gasteiger partial charge in [0.25, 0.3) is 5.69 Å². The van der Waals surface area contributed by atoms with Crippen LogP contribution in [0.3, 0.4) is 0 Å². The van der Waals surface area contributed by atoms with Gasteiger partial charge in [0.2, 0.25) is 0 Å². The Morgan fingerprint density at radius 3 is 2.35 bits per heavy atom. The van der Waals surface area contributed by atoms with E-state index < -0.39 is 0 Å². The molecule has 0 spiro atoms. The van der Waals surface area contributed by atoms with Gasteiger partial charge in [-0.25, -0.2) is 0 Å². The van der Waals surface area contributed by atoms with Crippen LogP contribution in [0, 0.1) is 24.0 Å². The Morgan fingerprint density at radius 2 is 1.94 bits per heavy atom. The van der Waals surface area contributed by atoms with E-state index in [0.717, 1.165) is 16.7 Å². The Labute approximate surface area is 106 Å². The van der Waals surface area contributed by atoms with Crippen molar-refractivity contribution < 1.29 is 9.66 Å². The lowest BCUT2D eigenvalue weighted by Gasteiger charge is -2.10. The van der Waals surface area contributed by atoms with Crippen LogP contribution >= 0.6 is 12.2 Å². The van der Waals surface area contributed by atoms with Crippen molar-refractivity contribution in [2.24, 2.45) is 0 Å². The Morgan fingerprint density at radius 1 is 1.41 bits per heavy atom. The Kier molecular flexibility index (Phi) is 4.57. The fraction of sp³-hybridized carbons (Fsp3) is 0.417. The number of aryl methyl sites for hydroxylation is 2. The largest absolute Gasteiger partial charge is 0.487 e. The maximum absolute atomic E-state index is 10.7. The first-order valence-electron chi connectivity index (χ1n) is 5.35. The van der Waals surface area contributed by atoms with Gasteiger partial charge in [-0.3, -0.25) is 10.1 Å². The summed E-state index contributed by atoms with van der Waals surface area (Å²) in [5, 5.41) is 11.2. The Hall–Kier alpha value is -1.49. The molecule has 0 saturated heterocycles. The molecule has 0 atom stereocenters. The molecule has 0 saturated carbocycles. The third kappa shape index (κ3) is 3.49. The fourth-order valence-corrected chi connectivity index (χ4v) is 1.97. The molecule has 0 amide bonds. The van der Waals surface area contributed by atoms with Crippen molar-refractivity contribution in [3.63, 3.8) is 0 Å². The summed E-state index contributed by atoms with van der Waals surface area (Å²) in [5.74, 6) is 0. The number of nitrogens with zero attached hydrogens (tertiary/aromatic N) is 1. The number of thiocarbonyl (C=S) groups is 1. The lowest BCUT2D eigenvalue weighted by molar-refractivity contribution is -0.385. The predicted octanol–water partition coefficient (Wildman–Crippen LogP) is 3.12. The van der Waals surface area contributed by atoms with Gasteiger partial charge in [0, 0.05) is 18.6 Å². The van der Waals surface area contributed by atoms with Crippen molar-refractivity contribution in [1.29, 1.82) is 0 Å². The predicted molar refractivity (Wildman–Crippen MR) is 70.5 cm³/mol. The molecule has 0 aliphatic carbocycles. The molecule has 5 heteroatoms. The van der Waals surface area contributed by atoms with Gasteiger partial charge >= 0.3 is 0 Å². The second-order valence-electron chi connectivity index (χ2n) is 3.80. The first-order chi connectivity index (χ1) is 7.95. The number of benzene rings is 1. The highest BCUT2D eigenvalue weighted by Crippen LogP contribution is 2.22. The van der Waals surface area contributed by atoms with Gasteiger partial charge in [0.1, 0.15) is 0 Å². The first-order valence-corrected chi connectivity index (χ1v) is 5.76. The summed E-state index contributed by atoms with van der Waals surface area (Å²) < 4.78 is 5.23. The second-order valence-corrected chi connectivity index (χ2v) is 4.25. The van der Waals surface area contributed by atoms with Gasteiger partial charge in [-0.2, -0.15) is 0 Å². The molecule has 0 aliphatic heterocycles. The van der Waals surface area contributed by atoms with E-state index in [1.54, 1.807) is 12.1 Å². The Balaban J connectivity index is 3.01. The topological polar surface area (TPSA) is 52.4 Å². The van der Waals surface area contributed by atoms with Crippen LogP contribution < -0.4 is 0 Å². The average molecular weight is 253 g/mol. The molecule has 0 bridgehead atoms. The van der Waals surface area contributed by atoms with Crippen LogP contribution in [0.5, 0.6) is 0 Å². The number of nitro benzene ring substituents is 1. The highest BCUT2D eigenvalue weighted by molar-refractivity contribution is 7.80. The minimum Gasteiger partial charge on any atom is -0.487 e. The summed E-state index contributed by atoms with van der Waals surface area (Å²) >= 11 is 5.08. The summed E-state index contributed by atoms with van der Waals surface area (Å²) in [5.41, 5.74) is 2.87. The molecular formula is C12H15NO3S. The van der Waals surface area contributed by atoms with E-state index in [4.69, 9.17) is 17.0 Å². The molecule has 1 aromatic rings. The van der Waals surface area contributed by atoms with Crippen LogP contribution in [0.2, 0.25) is 0 Å².